The van der Waals surface area contributed by atoms with E-state index in [0.717, 1.165) is 17.8 Å². The molecule has 0 aliphatic carbocycles. The Morgan fingerprint density at radius 3 is 2.41 bits per heavy atom. The summed E-state index contributed by atoms with van der Waals surface area (Å²) in [5.74, 6) is -1.33. The van der Waals surface area contributed by atoms with E-state index in [9.17, 15) is 17.6 Å². The summed E-state index contributed by atoms with van der Waals surface area (Å²) in [7, 11) is 0. The summed E-state index contributed by atoms with van der Waals surface area (Å²) in [6.07, 6.45) is -4.75. The van der Waals surface area contributed by atoms with Crippen LogP contribution in [-0.4, -0.2) is 8.75 Å². The second-order valence-electron chi connectivity index (χ2n) is 3.10. The maximum absolute atomic E-state index is 13.0. The van der Waals surface area contributed by atoms with Crippen molar-refractivity contribution in [1.82, 2.24) is 8.75 Å². The van der Waals surface area contributed by atoms with Crippen LogP contribution in [0.25, 0.3) is 11.3 Å². The molecule has 0 spiro atoms. The molecule has 0 aliphatic rings. The van der Waals surface area contributed by atoms with E-state index in [1.54, 1.807) is 0 Å². The van der Waals surface area contributed by atoms with Crippen LogP contribution in [0.4, 0.5) is 17.6 Å². The van der Waals surface area contributed by atoms with Gasteiger partial charge in [0.1, 0.15) is 11.5 Å². The summed E-state index contributed by atoms with van der Waals surface area (Å²) in [5.41, 5.74) is -1.15. The number of aromatic nitrogens is 2. The molecule has 17 heavy (non-hydrogen) atoms. The molecule has 0 saturated heterocycles. The van der Waals surface area contributed by atoms with E-state index in [1.165, 1.54) is 6.07 Å². The van der Waals surface area contributed by atoms with Crippen LogP contribution < -0.4 is 0 Å². The first-order valence-electron chi connectivity index (χ1n) is 4.25. The number of rotatable bonds is 1. The fraction of sp³-hybridized carbons (Fsp3) is 0.111. The molecule has 0 amide bonds. The number of hydrogen-bond donors (Lipinski definition) is 0. The quantitative estimate of drug-likeness (QED) is 0.738. The maximum Gasteiger partial charge on any atom is 0.419 e. The van der Waals surface area contributed by atoms with Gasteiger partial charge in [0.2, 0.25) is 0 Å². The summed E-state index contributed by atoms with van der Waals surface area (Å²) in [6.45, 7) is 0. The lowest BCUT2D eigenvalue weighted by molar-refractivity contribution is -0.139. The molecule has 2 rings (SSSR count). The summed E-state index contributed by atoms with van der Waals surface area (Å²) in [6, 6.07) is 2.57. The van der Waals surface area contributed by atoms with Crippen molar-refractivity contribution in [1.29, 1.82) is 0 Å². The first-order chi connectivity index (χ1) is 7.89. The molecule has 0 aliphatic heterocycles. The van der Waals surface area contributed by atoms with Crippen molar-refractivity contribution < 1.29 is 17.6 Å². The van der Waals surface area contributed by atoms with Crippen molar-refractivity contribution in [3.05, 3.63) is 34.7 Å². The molecule has 1 aromatic carbocycles. The van der Waals surface area contributed by atoms with Gasteiger partial charge in [-0.3, -0.25) is 0 Å². The van der Waals surface area contributed by atoms with Gasteiger partial charge >= 0.3 is 6.18 Å². The fourth-order valence-corrected chi connectivity index (χ4v) is 2.01. The van der Waals surface area contributed by atoms with Gasteiger partial charge in [-0.15, -0.1) is 0 Å². The largest absolute Gasteiger partial charge is 0.419 e. The highest BCUT2D eigenvalue weighted by molar-refractivity contribution is 6.99. The van der Waals surface area contributed by atoms with Crippen LogP contribution in [0.15, 0.2) is 18.2 Å². The lowest BCUT2D eigenvalue weighted by Gasteiger charge is -2.08. The normalized spacial score (nSPS) is 11.8. The number of benzene rings is 1. The Morgan fingerprint density at radius 2 is 1.88 bits per heavy atom. The Hall–Kier alpha value is -1.21. The molecule has 0 saturated carbocycles. The lowest BCUT2D eigenvalue weighted by Crippen LogP contribution is -2.08. The van der Waals surface area contributed by atoms with E-state index in [2.05, 4.69) is 8.75 Å². The third-order valence-electron chi connectivity index (χ3n) is 1.99. The van der Waals surface area contributed by atoms with Crippen LogP contribution in [0, 0.1) is 5.82 Å². The zero-order valence-corrected chi connectivity index (χ0v) is 9.50. The van der Waals surface area contributed by atoms with Crippen molar-refractivity contribution >= 4 is 23.3 Å². The van der Waals surface area contributed by atoms with Crippen LogP contribution in [0.5, 0.6) is 0 Å². The Balaban J connectivity index is 2.56. The van der Waals surface area contributed by atoms with Crippen molar-refractivity contribution in [2.75, 3.05) is 0 Å². The molecule has 90 valence electrons. The zero-order chi connectivity index (χ0) is 12.6. The summed E-state index contributed by atoms with van der Waals surface area (Å²) < 4.78 is 57.8. The second-order valence-corrected chi connectivity index (χ2v) is 3.98. The fourth-order valence-electron chi connectivity index (χ4n) is 1.24. The molecule has 0 radical (unpaired) electrons. The lowest BCUT2D eigenvalue weighted by atomic mass is 10.1. The summed E-state index contributed by atoms with van der Waals surface area (Å²) in [4.78, 5) is 0. The van der Waals surface area contributed by atoms with Crippen molar-refractivity contribution in [3.8, 4) is 11.3 Å². The SMILES string of the molecule is Fc1ccc(-c2nsnc2Cl)cc1C(F)(F)F. The van der Waals surface area contributed by atoms with Gasteiger partial charge < -0.3 is 0 Å². The predicted molar refractivity (Wildman–Crippen MR) is 55.3 cm³/mol. The Morgan fingerprint density at radius 1 is 1.18 bits per heavy atom. The molecule has 8 heteroatoms. The number of halogens is 5. The molecule has 2 nitrogen and oxygen atoms in total. The van der Waals surface area contributed by atoms with Gasteiger partial charge in [0.15, 0.2) is 5.15 Å². The molecule has 1 heterocycles. The first-order valence-corrected chi connectivity index (χ1v) is 5.35. The van der Waals surface area contributed by atoms with Crippen molar-refractivity contribution in [2.45, 2.75) is 6.18 Å². The molecule has 0 unspecified atom stereocenters. The van der Waals surface area contributed by atoms with Crippen LogP contribution in [0.2, 0.25) is 5.15 Å². The van der Waals surface area contributed by atoms with E-state index < -0.39 is 17.6 Å². The van der Waals surface area contributed by atoms with E-state index >= 15 is 0 Å². The van der Waals surface area contributed by atoms with Gasteiger partial charge in [0, 0.05) is 5.56 Å². The summed E-state index contributed by atoms with van der Waals surface area (Å²) in [5, 5.41) is -0.00488. The van der Waals surface area contributed by atoms with Crippen molar-refractivity contribution in [3.63, 3.8) is 0 Å². The first kappa shape index (κ1) is 12.3. The Labute approximate surface area is 102 Å². The van der Waals surface area contributed by atoms with Crippen LogP contribution in [-0.2, 0) is 6.18 Å². The average molecular weight is 283 g/mol. The van der Waals surface area contributed by atoms with E-state index in [1.807, 2.05) is 0 Å². The topological polar surface area (TPSA) is 25.8 Å². The van der Waals surface area contributed by atoms with E-state index in [-0.39, 0.29) is 16.4 Å². The molecular formula is C9H3ClF4N2S. The van der Waals surface area contributed by atoms with Gasteiger partial charge in [-0.05, 0) is 18.2 Å². The van der Waals surface area contributed by atoms with Crippen LogP contribution in [0.3, 0.4) is 0 Å². The highest BCUT2D eigenvalue weighted by Gasteiger charge is 2.34. The molecule has 2 aromatic rings. The molecule has 0 N–H and O–H groups in total. The third kappa shape index (κ3) is 2.39. The van der Waals surface area contributed by atoms with Gasteiger partial charge in [0.25, 0.3) is 0 Å². The third-order valence-corrected chi connectivity index (χ3v) is 2.89. The number of nitrogens with zero attached hydrogens (tertiary/aromatic N) is 2. The van der Waals surface area contributed by atoms with Crippen LogP contribution in [0.1, 0.15) is 5.56 Å². The van der Waals surface area contributed by atoms with Gasteiger partial charge in [-0.2, -0.15) is 21.9 Å². The molecule has 1 aromatic heterocycles. The smallest absolute Gasteiger partial charge is 0.206 e. The van der Waals surface area contributed by atoms with Gasteiger partial charge in [-0.25, -0.2) is 4.39 Å². The maximum atomic E-state index is 13.0. The number of alkyl halides is 3. The monoisotopic (exact) mass is 282 g/mol. The Kier molecular flexibility index (Phi) is 3.05. The minimum absolute atomic E-state index is 0.00488. The van der Waals surface area contributed by atoms with E-state index in [4.69, 9.17) is 11.6 Å². The average Bonchev–Trinajstić information content (AvgIpc) is 2.63. The second kappa shape index (κ2) is 4.23. The zero-order valence-electron chi connectivity index (χ0n) is 7.92. The van der Waals surface area contributed by atoms with Crippen LogP contribution >= 0.6 is 23.3 Å². The van der Waals surface area contributed by atoms with E-state index in [0.29, 0.717) is 6.07 Å². The predicted octanol–water partition coefficient (Wildman–Crippen LogP) is 4.02. The number of hydrogen-bond acceptors (Lipinski definition) is 3. The highest BCUT2D eigenvalue weighted by atomic mass is 35.5. The molecular weight excluding hydrogens is 280 g/mol. The summed E-state index contributed by atoms with van der Waals surface area (Å²) >= 11 is 6.41. The minimum atomic E-state index is -4.75. The standard InChI is InChI=1S/C9H3ClF4N2S/c10-8-7(15-17-16-8)4-1-2-6(11)5(3-4)9(12,13)14/h1-3H. The molecule has 0 bridgehead atoms. The van der Waals surface area contributed by atoms with Gasteiger partial charge in [0.05, 0.1) is 17.3 Å². The minimum Gasteiger partial charge on any atom is -0.206 e. The highest BCUT2D eigenvalue weighted by Crippen LogP contribution is 2.35. The van der Waals surface area contributed by atoms with Crippen molar-refractivity contribution in [2.24, 2.45) is 0 Å². The molecule has 0 fully saturated rings. The van der Waals surface area contributed by atoms with Gasteiger partial charge in [-0.1, -0.05) is 11.6 Å². The Bertz CT molecular complexity index is 552. The molecule has 0 atom stereocenters.